The number of aldehydes is 1. The Kier molecular flexibility index (Phi) is 6.36. The van der Waals surface area contributed by atoms with E-state index in [-0.39, 0.29) is 12.3 Å². The van der Waals surface area contributed by atoms with Crippen molar-refractivity contribution in [1.82, 2.24) is 15.0 Å². The molecule has 0 saturated heterocycles. The van der Waals surface area contributed by atoms with Crippen LogP contribution in [0.2, 0.25) is 0 Å². The molecule has 0 aliphatic carbocycles. The Labute approximate surface area is 185 Å². The highest BCUT2D eigenvalue weighted by atomic mass is 16.5. The average Bonchev–Trinajstić information content (AvgIpc) is 3.29. The Hall–Kier alpha value is -4.26. The van der Waals surface area contributed by atoms with Crippen LogP contribution in [0.15, 0.2) is 73.2 Å². The van der Waals surface area contributed by atoms with Crippen LogP contribution in [-0.4, -0.2) is 27.1 Å². The summed E-state index contributed by atoms with van der Waals surface area (Å²) in [4.78, 5) is 35.2. The fourth-order valence-electron chi connectivity index (χ4n) is 3.25. The van der Waals surface area contributed by atoms with Crippen LogP contribution in [0.1, 0.15) is 27.3 Å². The molecular weight excluding hydrogens is 404 g/mol. The minimum Gasteiger partial charge on any atom is -0.487 e. The van der Waals surface area contributed by atoms with Crippen LogP contribution in [-0.2, 0) is 17.8 Å². The van der Waals surface area contributed by atoms with Crippen LogP contribution < -0.4 is 10.1 Å². The van der Waals surface area contributed by atoms with E-state index in [1.54, 1.807) is 36.8 Å². The first-order valence-electron chi connectivity index (χ1n) is 10.1. The zero-order valence-corrected chi connectivity index (χ0v) is 17.5. The summed E-state index contributed by atoms with van der Waals surface area (Å²) in [5, 5.41) is 2.96. The third-order valence-electron chi connectivity index (χ3n) is 4.99. The van der Waals surface area contributed by atoms with Gasteiger partial charge in [0.15, 0.2) is 0 Å². The molecule has 2 aromatic carbocycles. The van der Waals surface area contributed by atoms with Crippen molar-refractivity contribution in [3.63, 3.8) is 0 Å². The van der Waals surface area contributed by atoms with Crippen molar-refractivity contribution in [3.05, 3.63) is 95.7 Å². The predicted octanol–water partition coefficient (Wildman–Crippen LogP) is 4.35. The van der Waals surface area contributed by atoms with Gasteiger partial charge in [-0.25, -0.2) is 4.98 Å². The number of amides is 1. The Morgan fingerprint density at radius 3 is 2.69 bits per heavy atom. The molecular formula is C25H22N4O3. The summed E-state index contributed by atoms with van der Waals surface area (Å²) < 4.78 is 5.72. The van der Waals surface area contributed by atoms with Gasteiger partial charge in [0, 0.05) is 35.1 Å². The van der Waals surface area contributed by atoms with Gasteiger partial charge in [-0.15, -0.1) is 0 Å². The second kappa shape index (κ2) is 9.70. The van der Waals surface area contributed by atoms with Crippen LogP contribution in [0.4, 0.5) is 5.69 Å². The van der Waals surface area contributed by atoms with Gasteiger partial charge in [-0.1, -0.05) is 18.2 Å². The first-order chi connectivity index (χ1) is 15.6. The number of ether oxygens (including phenoxy) is 1. The van der Waals surface area contributed by atoms with E-state index < -0.39 is 0 Å². The van der Waals surface area contributed by atoms with Gasteiger partial charge < -0.3 is 19.8 Å². The number of aryl methyl sites for hydroxylation is 1. The molecule has 0 fully saturated rings. The van der Waals surface area contributed by atoms with E-state index in [2.05, 4.69) is 20.3 Å². The molecule has 7 heteroatoms. The molecule has 0 bridgehead atoms. The summed E-state index contributed by atoms with van der Waals surface area (Å²) in [6.07, 6.45) is 4.36. The molecule has 0 radical (unpaired) electrons. The average molecular weight is 426 g/mol. The number of nitrogens with zero attached hydrogens (tertiary/aromatic N) is 2. The van der Waals surface area contributed by atoms with Crippen LogP contribution in [0.25, 0.3) is 11.3 Å². The molecule has 0 aliphatic heterocycles. The van der Waals surface area contributed by atoms with E-state index in [4.69, 9.17) is 4.74 Å². The Bertz CT molecular complexity index is 1220. The number of hydrogen-bond acceptors (Lipinski definition) is 5. The molecule has 2 aromatic heterocycles. The molecule has 2 N–H and O–H groups in total. The Morgan fingerprint density at radius 1 is 1.09 bits per heavy atom. The summed E-state index contributed by atoms with van der Waals surface area (Å²) in [5.74, 6) is 0.434. The molecule has 160 valence electrons. The number of aromatic nitrogens is 3. The van der Waals surface area contributed by atoms with Gasteiger partial charge >= 0.3 is 0 Å². The standard InChI is InChI=1S/C25H22N4O3/c1-17-5-6-19(24-22(11-13-30)27-16-28-24)14-23(17)29-25(31)18-7-9-21(10-8-18)32-15-20-4-2-3-12-26-20/h2-10,12-14,16H,11,15H2,1H3,(H,27,28)(H,29,31). The van der Waals surface area contributed by atoms with Crippen LogP contribution in [0.3, 0.4) is 0 Å². The Morgan fingerprint density at radius 2 is 1.94 bits per heavy atom. The highest BCUT2D eigenvalue weighted by Gasteiger charge is 2.12. The maximum atomic E-state index is 12.8. The second-order valence-corrected chi connectivity index (χ2v) is 7.22. The van der Waals surface area contributed by atoms with Crippen molar-refractivity contribution in [3.8, 4) is 17.0 Å². The number of H-pyrrole nitrogens is 1. The molecule has 32 heavy (non-hydrogen) atoms. The lowest BCUT2D eigenvalue weighted by Gasteiger charge is -2.11. The van der Waals surface area contributed by atoms with Crippen LogP contribution >= 0.6 is 0 Å². The maximum Gasteiger partial charge on any atom is 0.255 e. The lowest BCUT2D eigenvalue weighted by atomic mass is 10.0. The van der Waals surface area contributed by atoms with Gasteiger partial charge in [-0.2, -0.15) is 0 Å². The smallest absolute Gasteiger partial charge is 0.255 e. The monoisotopic (exact) mass is 426 g/mol. The molecule has 0 atom stereocenters. The second-order valence-electron chi connectivity index (χ2n) is 7.22. The number of rotatable bonds is 8. The minimum absolute atomic E-state index is 0.225. The van der Waals surface area contributed by atoms with Gasteiger partial charge in [-0.05, 0) is 55.0 Å². The third kappa shape index (κ3) is 4.89. The number of imidazole rings is 1. The number of aromatic amines is 1. The van der Waals surface area contributed by atoms with E-state index in [9.17, 15) is 9.59 Å². The molecule has 0 spiro atoms. The summed E-state index contributed by atoms with van der Waals surface area (Å²) in [7, 11) is 0. The Balaban J connectivity index is 1.45. The molecule has 0 saturated carbocycles. The van der Waals surface area contributed by atoms with E-state index in [1.807, 2.05) is 43.3 Å². The van der Waals surface area contributed by atoms with Gasteiger partial charge in [0.2, 0.25) is 0 Å². The first-order valence-corrected chi connectivity index (χ1v) is 10.1. The van der Waals surface area contributed by atoms with Crippen molar-refractivity contribution in [2.75, 3.05) is 5.32 Å². The van der Waals surface area contributed by atoms with Crippen molar-refractivity contribution in [2.45, 2.75) is 20.0 Å². The number of pyridine rings is 1. The van der Waals surface area contributed by atoms with E-state index in [1.165, 1.54) is 0 Å². The molecule has 4 rings (SSSR count). The van der Waals surface area contributed by atoms with E-state index in [0.29, 0.717) is 29.3 Å². The summed E-state index contributed by atoms with van der Waals surface area (Å²) in [6, 6.07) is 18.3. The minimum atomic E-state index is -0.225. The third-order valence-corrected chi connectivity index (χ3v) is 4.99. The number of carbonyl (C=O) groups is 2. The predicted molar refractivity (Wildman–Crippen MR) is 121 cm³/mol. The summed E-state index contributed by atoms with van der Waals surface area (Å²) >= 11 is 0. The van der Waals surface area contributed by atoms with Gasteiger partial charge in [0.05, 0.1) is 17.7 Å². The SMILES string of the molecule is Cc1ccc(-c2nc[nH]c2CC=O)cc1NC(=O)c1ccc(OCc2ccccn2)cc1. The lowest BCUT2D eigenvalue weighted by Crippen LogP contribution is -2.12. The highest BCUT2D eigenvalue weighted by molar-refractivity contribution is 6.05. The van der Waals surface area contributed by atoms with Crippen molar-refractivity contribution < 1.29 is 14.3 Å². The summed E-state index contributed by atoms with van der Waals surface area (Å²) in [6.45, 7) is 2.28. The fraction of sp³-hybridized carbons (Fsp3) is 0.120. The van der Waals surface area contributed by atoms with Gasteiger partial charge in [0.1, 0.15) is 18.6 Å². The highest BCUT2D eigenvalue weighted by Crippen LogP contribution is 2.27. The molecule has 0 unspecified atom stereocenters. The topological polar surface area (TPSA) is 97.0 Å². The largest absolute Gasteiger partial charge is 0.487 e. The molecule has 4 aromatic rings. The molecule has 2 heterocycles. The molecule has 0 aliphatic rings. The van der Waals surface area contributed by atoms with E-state index in [0.717, 1.165) is 28.8 Å². The number of benzene rings is 2. The van der Waals surface area contributed by atoms with Crippen molar-refractivity contribution in [1.29, 1.82) is 0 Å². The first kappa shape index (κ1) is 21.0. The quantitative estimate of drug-likeness (QED) is 0.408. The van der Waals surface area contributed by atoms with Crippen molar-refractivity contribution >= 4 is 17.9 Å². The maximum absolute atomic E-state index is 12.8. The zero-order valence-electron chi connectivity index (χ0n) is 17.5. The van der Waals surface area contributed by atoms with Crippen LogP contribution in [0.5, 0.6) is 5.75 Å². The molecule has 7 nitrogen and oxygen atoms in total. The van der Waals surface area contributed by atoms with Crippen molar-refractivity contribution in [2.24, 2.45) is 0 Å². The number of anilines is 1. The van der Waals surface area contributed by atoms with E-state index >= 15 is 0 Å². The number of hydrogen-bond donors (Lipinski definition) is 2. The lowest BCUT2D eigenvalue weighted by molar-refractivity contribution is -0.107. The summed E-state index contributed by atoms with van der Waals surface area (Å²) in [5.41, 5.74) is 5.21. The van der Waals surface area contributed by atoms with Gasteiger partial charge in [0.25, 0.3) is 5.91 Å². The number of carbonyl (C=O) groups excluding carboxylic acids is 2. The normalized spacial score (nSPS) is 10.5. The molecule has 1 amide bonds. The van der Waals surface area contributed by atoms with Crippen LogP contribution in [0, 0.1) is 6.92 Å². The van der Waals surface area contributed by atoms with Gasteiger partial charge in [-0.3, -0.25) is 9.78 Å². The zero-order chi connectivity index (χ0) is 22.3. The number of nitrogens with one attached hydrogen (secondary N) is 2. The fourth-order valence-corrected chi connectivity index (χ4v) is 3.25.